The molecule has 92 valence electrons. The molecule has 0 amide bonds. The van der Waals surface area contributed by atoms with Gasteiger partial charge in [-0.3, -0.25) is 0 Å². The molecular formula is C9H15O6P. The van der Waals surface area contributed by atoms with E-state index in [-0.39, 0.29) is 0 Å². The predicted octanol–water partition coefficient (Wildman–Crippen LogP) is 0.305. The minimum absolute atomic E-state index is 0.303. The summed E-state index contributed by atoms with van der Waals surface area (Å²) in [4.78, 5) is 21.6. The number of benzene rings is 1. The topological polar surface area (TPSA) is 118 Å². The molecule has 0 aliphatic rings. The maximum Gasteiger partial charge on any atom is 0.466 e. The molecule has 5 N–H and O–H groups in total. The summed E-state index contributed by atoms with van der Waals surface area (Å²) >= 11 is 0. The third-order valence-electron chi connectivity index (χ3n) is 1.73. The molecular weight excluding hydrogens is 235 g/mol. The van der Waals surface area contributed by atoms with Crippen molar-refractivity contribution in [2.45, 2.75) is 19.1 Å². The van der Waals surface area contributed by atoms with Gasteiger partial charge in [0, 0.05) is 12.0 Å². The molecule has 0 aliphatic carbocycles. The maximum absolute atomic E-state index is 9.35. The highest BCUT2D eigenvalue weighted by Gasteiger charge is 2.21. The van der Waals surface area contributed by atoms with Crippen LogP contribution in [0.4, 0.5) is 0 Å². The lowest BCUT2D eigenvalue weighted by Crippen LogP contribution is -2.23. The fraction of sp³-hybridized carbons (Fsp3) is 0.333. The van der Waals surface area contributed by atoms with Crippen LogP contribution in [0.25, 0.3) is 0 Å². The summed E-state index contributed by atoms with van der Waals surface area (Å²) < 4.78 is 8.88. The van der Waals surface area contributed by atoms with Crippen molar-refractivity contribution in [3.63, 3.8) is 0 Å². The SMILES string of the molecule is CCC(O)(O)c1ccccc1.O=P(O)(O)O. The second-order valence-corrected chi connectivity index (χ2v) is 4.08. The Balaban J connectivity index is 0.000000385. The molecule has 0 radical (unpaired) electrons. The van der Waals surface area contributed by atoms with E-state index in [1.807, 2.05) is 6.07 Å². The van der Waals surface area contributed by atoms with Crippen molar-refractivity contribution in [1.82, 2.24) is 0 Å². The third kappa shape index (κ3) is 7.53. The second-order valence-electron chi connectivity index (χ2n) is 3.05. The van der Waals surface area contributed by atoms with Crippen molar-refractivity contribution in [3.8, 4) is 0 Å². The highest BCUT2D eigenvalue weighted by molar-refractivity contribution is 7.45. The van der Waals surface area contributed by atoms with Crippen molar-refractivity contribution >= 4 is 7.82 Å². The van der Waals surface area contributed by atoms with E-state index in [1.165, 1.54) is 0 Å². The van der Waals surface area contributed by atoms with Gasteiger partial charge in [-0.05, 0) is 0 Å². The van der Waals surface area contributed by atoms with Crippen LogP contribution in [0.1, 0.15) is 18.9 Å². The van der Waals surface area contributed by atoms with Gasteiger partial charge in [-0.25, -0.2) is 4.57 Å². The molecule has 16 heavy (non-hydrogen) atoms. The summed E-state index contributed by atoms with van der Waals surface area (Å²) in [6, 6.07) is 8.81. The van der Waals surface area contributed by atoms with Crippen molar-refractivity contribution in [2.24, 2.45) is 0 Å². The molecule has 0 aromatic heterocycles. The van der Waals surface area contributed by atoms with Crippen LogP contribution in [0.15, 0.2) is 30.3 Å². The van der Waals surface area contributed by atoms with E-state index in [2.05, 4.69) is 0 Å². The maximum atomic E-state index is 9.35. The van der Waals surface area contributed by atoms with Crippen LogP contribution in [-0.2, 0) is 10.4 Å². The third-order valence-corrected chi connectivity index (χ3v) is 1.73. The van der Waals surface area contributed by atoms with Crippen LogP contribution in [0, 0.1) is 0 Å². The van der Waals surface area contributed by atoms with Gasteiger partial charge < -0.3 is 24.9 Å². The molecule has 1 aromatic carbocycles. The summed E-state index contributed by atoms with van der Waals surface area (Å²) in [6.45, 7) is 1.73. The Morgan fingerprint density at radius 1 is 1.12 bits per heavy atom. The standard InChI is InChI=1S/C9H12O2.H3O4P/c1-2-9(10,11)8-6-4-3-5-7-8;1-5(2,3)4/h3-7,10-11H,2H2,1H3;(H3,1,2,3,4). The van der Waals surface area contributed by atoms with Crippen molar-refractivity contribution in [2.75, 3.05) is 0 Å². The van der Waals surface area contributed by atoms with Crippen molar-refractivity contribution in [3.05, 3.63) is 35.9 Å². The molecule has 7 heteroatoms. The molecule has 0 fully saturated rings. The minimum Gasteiger partial charge on any atom is -0.362 e. The van der Waals surface area contributed by atoms with E-state index in [0.29, 0.717) is 12.0 Å². The van der Waals surface area contributed by atoms with Crippen LogP contribution in [0.3, 0.4) is 0 Å². The molecule has 0 saturated carbocycles. The first-order chi connectivity index (χ1) is 7.17. The first kappa shape index (κ1) is 15.2. The molecule has 0 aliphatic heterocycles. The number of aliphatic hydroxyl groups is 2. The fourth-order valence-electron chi connectivity index (χ4n) is 0.909. The van der Waals surface area contributed by atoms with Crippen molar-refractivity contribution < 1.29 is 29.5 Å². The van der Waals surface area contributed by atoms with Gasteiger partial charge in [0.25, 0.3) is 0 Å². The molecule has 0 spiro atoms. The van der Waals surface area contributed by atoms with Gasteiger partial charge in [0.2, 0.25) is 0 Å². The molecule has 0 unspecified atom stereocenters. The predicted molar refractivity (Wildman–Crippen MR) is 57.1 cm³/mol. The highest BCUT2D eigenvalue weighted by Crippen LogP contribution is 2.25. The van der Waals surface area contributed by atoms with Crippen LogP contribution in [-0.4, -0.2) is 24.9 Å². The summed E-state index contributed by atoms with van der Waals surface area (Å²) in [7, 11) is -4.64. The fourth-order valence-corrected chi connectivity index (χ4v) is 0.909. The van der Waals surface area contributed by atoms with Gasteiger partial charge in [-0.1, -0.05) is 37.3 Å². The van der Waals surface area contributed by atoms with Crippen molar-refractivity contribution in [1.29, 1.82) is 0 Å². The summed E-state index contributed by atoms with van der Waals surface area (Å²) in [5.74, 6) is -1.67. The summed E-state index contributed by atoms with van der Waals surface area (Å²) in [5, 5.41) is 18.7. The van der Waals surface area contributed by atoms with Crippen LogP contribution in [0.2, 0.25) is 0 Å². The van der Waals surface area contributed by atoms with E-state index in [1.54, 1.807) is 31.2 Å². The van der Waals surface area contributed by atoms with E-state index in [9.17, 15) is 10.2 Å². The Bertz CT molecular complexity index is 336. The normalized spacial score (nSPS) is 11.6. The average molecular weight is 250 g/mol. The number of rotatable bonds is 2. The number of hydrogen-bond acceptors (Lipinski definition) is 3. The Morgan fingerprint density at radius 2 is 1.50 bits per heavy atom. The second kappa shape index (κ2) is 6.10. The van der Waals surface area contributed by atoms with Crippen LogP contribution in [0.5, 0.6) is 0 Å². The Hall–Kier alpha value is -0.750. The Morgan fingerprint density at radius 3 is 1.81 bits per heavy atom. The van der Waals surface area contributed by atoms with E-state index in [0.717, 1.165) is 0 Å². The Kier molecular flexibility index (Phi) is 5.81. The van der Waals surface area contributed by atoms with Gasteiger partial charge in [0.05, 0.1) is 0 Å². The molecule has 1 aromatic rings. The van der Waals surface area contributed by atoms with Gasteiger partial charge >= 0.3 is 7.82 Å². The zero-order valence-corrected chi connectivity index (χ0v) is 9.58. The van der Waals surface area contributed by atoms with Gasteiger partial charge in [-0.15, -0.1) is 0 Å². The Labute approximate surface area is 93.1 Å². The summed E-state index contributed by atoms with van der Waals surface area (Å²) in [5.41, 5.74) is 0.544. The largest absolute Gasteiger partial charge is 0.466 e. The lowest BCUT2D eigenvalue weighted by molar-refractivity contribution is -0.171. The minimum atomic E-state index is -4.64. The number of phosphoric acid groups is 1. The van der Waals surface area contributed by atoms with E-state index in [4.69, 9.17) is 19.2 Å². The molecule has 0 atom stereocenters. The molecule has 0 bridgehead atoms. The first-order valence-electron chi connectivity index (χ1n) is 4.45. The zero-order chi connectivity index (χ0) is 12.8. The highest BCUT2D eigenvalue weighted by atomic mass is 31.2. The molecule has 0 saturated heterocycles. The quantitative estimate of drug-likeness (QED) is 0.380. The molecule has 6 nitrogen and oxygen atoms in total. The van der Waals surface area contributed by atoms with Gasteiger partial charge in [0.15, 0.2) is 5.79 Å². The average Bonchev–Trinajstić information content (AvgIpc) is 2.17. The monoisotopic (exact) mass is 250 g/mol. The molecule has 0 heterocycles. The summed E-state index contributed by atoms with van der Waals surface area (Å²) in [6.07, 6.45) is 0.303. The van der Waals surface area contributed by atoms with Gasteiger partial charge in [-0.2, -0.15) is 0 Å². The molecule has 1 rings (SSSR count). The smallest absolute Gasteiger partial charge is 0.362 e. The zero-order valence-electron chi connectivity index (χ0n) is 8.69. The lowest BCUT2D eigenvalue weighted by atomic mass is 10.0. The van der Waals surface area contributed by atoms with Crippen LogP contribution < -0.4 is 0 Å². The van der Waals surface area contributed by atoms with E-state index >= 15 is 0 Å². The lowest BCUT2D eigenvalue weighted by Gasteiger charge is -2.19. The van der Waals surface area contributed by atoms with Gasteiger partial charge in [0.1, 0.15) is 0 Å². The van der Waals surface area contributed by atoms with Crippen LogP contribution >= 0.6 is 7.82 Å². The first-order valence-corrected chi connectivity index (χ1v) is 6.02. The van der Waals surface area contributed by atoms with E-state index < -0.39 is 13.6 Å². The number of hydrogen-bond donors (Lipinski definition) is 5.